The molecule has 0 aromatic heterocycles. The van der Waals surface area contributed by atoms with Crippen LogP contribution in [0.1, 0.15) is 16.8 Å². The zero-order valence-electron chi connectivity index (χ0n) is 9.87. The highest BCUT2D eigenvalue weighted by Crippen LogP contribution is 2.13. The summed E-state index contributed by atoms with van der Waals surface area (Å²) in [6, 6.07) is 3.57. The first-order valence-corrected chi connectivity index (χ1v) is 5.26. The molecule has 1 amide bonds. The zero-order valence-corrected chi connectivity index (χ0v) is 9.87. The van der Waals surface area contributed by atoms with Crippen LogP contribution in [-0.4, -0.2) is 38.1 Å². The predicted molar refractivity (Wildman–Crippen MR) is 59.8 cm³/mol. The molecular weight excluding hydrogens is 228 g/mol. The van der Waals surface area contributed by atoms with E-state index in [-0.39, 0.29) is 5.56 Å². The highest BCUT2D eigenvalue weighted by Gasteiger charge is 2.18. The van der Waals surface area contributed by atoms with Crippen LogP contribution in [0.3, 0.4) is 0 Å². The second kappa shape index (κ2) is 6.30. The van der Waals surface area contributed by atoms with Crippen LogP contribution < -0.4 is 0 Å². The summed E-state index contributed by atoms with van der Waals surface area (Å²) >= 11 is 0. The Bertz CT molecular complexity index is 396. The van der Waals surface area contributed by atoms with Crippen LogP contribution in [0.15, 0.2) is 18.2 Å². The first-order chi connectivity index (χ1) is 8.07. The molecule has 3 nitrogen and oxygen atoms in total. The Balaban J connectivity index is 2.71. The van der Waals surface area contributed by atoms with Gasteiger partial charge in [-0.3, -0.25) is 4.79 Å². The van der Waals surface area contributed by atoms with Crippen molar-refractivity contribution in [2.24, 2.45) is 0 Å². The minimum absolute atomic E-state index is 0.245. The second-order valence-corrected chi connectivity index (χ2v) is 3.67. The van der Waals surface area contributed by atoms with E-state index in [9.17, 15) is 13.6 Å². The molecule has 0 saturated carbocycles. The van der Waals surface area contributed by atoms with Crippen LogP contribution in [0.4, 0.5) is 8.78 Å². The standard InChI is InChI=1S/C12H15F2NO2/c1-15(7-4-8-17-2)12(16)9-5-3-6-10(13)11(9)14/h3,5-6H,4,7-8H2,1-2H3. The lowest BCUT2D eigenvalue weighted by Gasteiger charge is -2.17. The maximum Gasteiger partial charge on any atom is 0.256 e. The fraction of sp³-hybridized carbons (Fsp3) is 0.417. The molecule has 1 aromatic carbocycles. The number of amides is 1. The molecule has 1 aromatic rings. The van der Waals surface area contributed by atoms with Crippen LogP contribution in [0, 0.1) is 11.6 Å². The largest absolute Gasteiger partial charge is 0.385 e. The molecule has 0 radical (unpaired) electrons. The number of methoxy groups -OCH3 is 1. The van der Waals surface area contributed by atoms with Crippen LogP contribution in [-0.2, 0) is 4.74 Å². The zero-order chi connectivity index (χ0) is 12.8. The van der Waals surface area contributed by atoms with Crippen LogP contribution in [0.5, 0.6) is 0 Å². The summed E-state index contributed by atoms with van der Waals surface area (Å²) in [5, 5.41) is 0. The Labute approximate surface area is 99.0 Å². The van der Waals surface area contributed by atoms with Gasteiger partial charge in [0.05, 0.1) is 5.56 Å². The summed E-state index contributed by atoms with van der Waals surface area (Å²) in [5.41, 5.74) is -0.245. The second-order valence-electron chi connectivity index (χ2n) is 3.67. The summed E-state index contributed by atoms with van der Waals surface area (Å²) in [5.74, 6) is -2.64. The van der Waals surface area contributed by atoms with E-state index >= 15 is 0 Å². The SMILES string of the molecule is COCCCN(C)C(=O)c1cccc(F)c1F. The van der Waals surface area contributed by atoms with Gasteiger partial charge in [0.1, 0.15) is 0 Å². The number of rotatable bonds is 5. The fourth-order valence-corrected chi connectivity index (χ4v) is 1.42. The smallest absolute Gasteiger partial charge is 0.256 e. The van der Waals surface area contributed by atoms with E-state index < -0.39 is 17.5 Å². The molecule has 17 heavy (non-hydrogen) atoms. The summed E-state index contributed by atoms with van der Waals surface area (Å²) in [6.45, 7) is 0.950. The Morgan fingerprint density at radius 1 is 1.41 bits per heavy atom. The third-order valence-corrected chi connectivity index (χ3v) is 2.37. The van der Waals surface area contributed by atoms with Crippen molar-refractivity contribution >= 4 is 5.91 Å². The first kappa shape index (κ1) is 13.6. The van der Waals surface area contributed by atoms with Crippen LogP contribution >= 0.6 is 0 Å². The van der Waals surface area contributed by atoms with E-state index in [0.717, 1.165) is 6.07 Å². The topological polar surface area (TPSA) is 29.5 Å². The predicted octanol–water partition coefficient (Wildman–Crippen LogP) is 2.07. The molecule has 0 atom stereocenters. The lowest BCUT2D eigenvalue weighted by atomic mass is 10.2. The maximum absolute atomic E-state index is 13.4. The molecule has 0 aliphatic rings. The molecule has 94 valence electrons. The number of carbonyl (C=O) groups is 1. The molecule has 0 aliphatic carbocycles. The van der Waals surface area contributed by atoms with E-state index in [2.05, 4.69) is 0 Å². The van der Waals surface area contributed by atoms with E-state index in [1.165, 1.54) is 17.0 Å². The van der Waals surface area contributed by atoms with E-state index in [1.807, 2.05) is 0 Å². The molecule has 0 saturated heterocycles. The number of nitrogens with zero attached hydrogens (tertiary/aromatic N) is 1. The molecular formula is C12H15F2NO2. The van der Waals surface area contributed by atoms with E-state index in [0.29, 0.717) is 19.6 Å². The quantitative estimate of drug-likeness (QED) is 0.741. The van der Waals surface area contributed by atoms with Gasteiger partial charge in [-0.15, -0.1) is 0 Å². The van der Waals surface area contributed by atoms with Gasteiger partial charge in [-0.05, 0) is 18.6 Å². The van der Waals surface area contributed by atoms with E-state index in [1.54, 1.807) is 14.2 Å². The van der Waals surface area contributed by atoms with Gasteiger partial charge in [-0.2, -0.15) is 0 Å². The number of benzene rings is 1. The highest BCUT2D eigenvalue weighted by molar-refractivity contribution is 5.94. The Morgan fingerprint density at radius 2 is 2.12 bits per heavy atom. The highest BCUT2D eigenvalue weighted by atomic mass is 19.2. The molecule has 0 bridgehead atoms. The third-order valence-electron chi connectivity index (χ3n) is 2.37. The molecule has 0 aliphatic heterocycles. The average molecular weight is 243 g/mol. The van der Waals surface area contributed by atoms with Crippen molar-refractivity contribution in [3.63, 3.8) is 0 Å². The van der Waals surface area contributed by atoms with Gasteiger partial charge >= 0.3 is 0 Å². The van der Waals surface area contributed by atoms with Gasteiger partial charge < -0.3 is 9.64 Å². The first-order valence-electron chi connectivity index (χ1n) is 5.26. The minimum Gasteiger partial charge on any atom is -0.385 e. The van der Waals surface area contributed by atoms with Gasteiger partial charge in [0.25, 0.3) is 5.91 Å². The van der Waals surface area contributed by atoms with Crippen LogP contribution in [0.25, 0.3) is 0 Å². The van der Waals surface area contributed by atoms with Crippen molar-refractivity contribution in [3.8, 4) is 0 Å². The van der Waals surface area contributed by atoms with Gasteiger partial charge in [-0.25, -0.2) is 8.78 Å². The molecule has 0 heterocycles. The fourth-order valence-electron chi connectivity index (χ4n) is 1.42. The van der Waals surface area contributed by atoms with Crippen molar-refractivity contribution in [1.29, 1.82) is 0 Å². The number of halogens is 2. The molecule has 5 heteroatoms. The third kappa shape index (κ3) is 3.49. The number of hydrogen-bond acceptors (Lipinski definition) is 2. The Morgan fingerprint density at radius 3 is 2.76 bits per heavy atom. The van der Waals surface area contributed by atoms with Crippen LogP contribution in [0.2, 0.25) is 0 Å². The number of ether oxygens (including phenoxy) is 1. The van der Waals surface area contributed by atoms with Crippen molar-refractivity contribution in [1.82, 2.24) is 4.90 Å². The number of carbonyl (C=O) groups excluding carboxylic acids is 1. The summed E-state index contributed by atoms with van der Waals surface area (Å²) < 4.78 is 31.1. The van der Waals surface area contributed by atoms with Gasteiger partial charge in [0.2, 0.25) is 0 Å². The van der Waals surface area contributed by atoms with Crippen molar-refractivity contribution in [2.45, 2.75) is 6.42 Å². The summed E-state index contributed by atoms with van der Waals surface area (Å²) in [6.07, 6.45) is 0.648. The minimum atomic E-state index is -1.10. The summed E-state index contributed by atoms with van der Waals surface area (Å²) in [4.78, 5) is 13.1. The van der Waals surface area contributed by atoms with Crippen molar-refractivity contribution < 1.29 is 18.3 Å². The van der Waals surface area contributed by atoms with Gasteiger partial charge in [0.15, 0.2) is 11.6 Å². The normalized spacial score (nSPS) is 10.4. The van der Waals surface area contributed by atoms with E-state index in [4.69, 9.17) is 4.74 Å². The Hall–Kier alpha value is -1.49. The maximum atomic E-state index is 13.4. The molecule has 0 spiro atoms. The lowest BCUT2D eigenvalue weighted by molar-refractivity contribution is 0.0773. The lowest BCUT2D eigenvalue weighted by Crippen LogP contribution is -2.29. The summed E-state index contributed by atoms with van der Waals surface area (Å²) in [7, 11) is 3.11. The monoisotopic (exact) mass is 243 g/mol. The average Bonchev–Trinajstić information content (AvgIpc) is 2.32. The molecule has 0 unspecified atom stereocenters. The van der Waals surface area contributed by atoms with Gasteiger partial charge in [0, 0.05) is 27.3 Å². The molecule has 1 rings (SSSR count). The van der Waals surface area contributed by atoms with Gasteiger partial charge in [-0.1, -0.05) is 6.07 Å². The van der Waals surface area contributed by atoms with Crippen molar-refractivity contribution in [3.05, 3.63) is 35.4 Å². The molecule has 0 N–H and O–H groups in total. The number of hydrogen-bond donors (Lipinski definition) is 0. The Kier molecular flexibility index (Phi) is 5.03. The van der Waals surface area contributed by atoms with Crippen molar-refractivity contribution in [2.75, 3.05) is 27.3 Å². The molecule has 0 fully saturated rings.